The van der Waals surface area contributed by atoms with E-state index in [-0.39, 0.29) is 118 Å². The molecule has 0 fully saturated rings. The molecular weight excluding hydrogens is 416 g/mol. The van der Waals surface area contributed by atoms with Gasteiger partial charge in [-0.25, -0.2) is 0 Å². The zero-order chi connectivity index (χ0) is 21.8. The monoisotopic (exact) mass is 436 g/mol. The van der Waals surface area contributed by atoms with Crippen LogP contribution in [0, 0.1) is 0 Å². The maximum absolute atomic E-state index is 13.0. The van der Waals surface area contributed by atoms with Crippen molar-refractivity contribution in [3.8, 4) is 23.0 Å². The molecule has 0 spiro atoms. The molecule has 0 aliphatic carbocycles. The fourth-order valence-corrected chi connectivity index (χ4v) is 3.75. The Kier molecular flexibility index (Phi) is 14.9. The van der Waals surface area contributed by atoms with Crippen LogP contribution in [0.2, 0.25) is 0 Å². The van der Waals surface area contributed by atoms with Crippen molar-refractivity contribution in [1.82, 2.24) is 0 Å². The Labute approximate surface area is 254 Å². The van der Waals surface area contributed by atoms with Crippen molar-refractivity contribution in [3.63, 3.8) is 0 Å². The molecule has 0 N–H and O–H groups in total. The van der Waals surface area contributed by atoms with Gasteiger partial charge in [0.05, 0.1) is 0 Å². The van der Waals surface area contributed by atoms with E-state index in [0.717, 1.165) is 0 Å². The van der Waals surface area contributed by atoms with Gasteiger partial charge >= 0.3 is 75.4 Å². The molecule has 0 bridgehead atoms. The van der Waals surface area contributed by atoms with Gasteiger partial charge in [-0.3, -0.25) is 0 Å². The maximum atomic E-state index is 13.0. The van der Waals surface area contributed by atoms with Crippen LogP contribution in [0.5, 0.6) is 23.0 Å². The SMILES string of the molecule is [Li+].[Li+].[Li+].[Li+].[O-]c1ccccc1Cc1cccc(Cc2cccc(Cc3ccccc3[O-])c2[O-])c1[O-]. The number of hydrogen-bond donors (Lipinski definition) is 0. The first-order chi connectivity index (χ1) is 15.0. The fourth-order valence-electron chi connectivity index (χ4n) is 3.75. The van der Waals surface area contributed by atoms with Crippen molar-refractivity contribution in [3.05, 3.63) is 118 Å². The van der Waals surface area contributed by atoms with E-state index < -0.39 is 0 Å². The van der Waals surface area contributed by atoms with Gasteiger partial charge in [0.2, 0.25) is 0 Å². The Morgan fingerprint density at radius 1 is 0.343 bits per heavy atom. The summed E-state index contributed by atoms with van der Waals surface area (Å²) in [5, 5.41) is 50.0. The van der Waals surface area contributed by atoms with E-state index in [0.29, 0.717) is 33.4 Å². The molecule has 0 heterocycles. The second kappa shape index (κ2) is 15.6. The van der Waals surface area contributed by atoms with E-state index in [1.165, 1.54) is 12.1 Å². The molecule has 4 rings (SSSR count). The Morgan fingerprint density at radius 3 is 0.914 bits per heavy atom. The minimum Gasteiger partial charge on any atom is -0.872 e. The molecule has 35 heavy (non-hydrogen) atoms. The summed E-state index contributed by atoms with van der Waals surface area (Å²) in [5.74, 6) is -0.498. The van der Waals surface area contributed by atoms with E-state index in [2.05, 4.69) is 0 Å². The van der Waals surface area contributed by atoms with Crippen LogP contribution in [0.4, 0.5) is 0 Å². The molecule has 0 radical (unpaired) electrons. The van der Waals surface area contributed by atoms with Crippen LogP contribution in [-0.4, -0.2) is 0 Å². The number of benzene rings is 4. The van der Waals surface area contributed by atoms with Crippen molar-refractivity contribution in [2.24, 2.45) is 0 Å². The summed E-state index contributed by atoms with van der Waals surface area (Å²) in [4.78, 5) is 0. The van der Waals surface area contributed by atoms with Gasteiger partial charge in [-0.2, -0.15) is 0 Å². The third-order valence-corrected chi connectivity index (χ3v) is 5.44. The van der Waals surface area contributed by atoms with Crippen molar-refractivity contribution >= 4 is 0 Å². The van der Waals surface area contributed by atoms with Crippen LogP contribution >= 0.6 is 0 Å². The largest absolute Gasteiger partial charge is 1.00 e. The standard InChI is InChI=1S/C27H24O4.4Li/c28-24-13-3-1-7-18(24)15-20-9-5-11-22(26(20)30)17-23-12-6-10-21(27(23)31)16-19-8-2-4-14-25(19)29;;;;/h1-14,28-31H,15-17H2;;;;/q;4*+1/p-4. The van der Waals surface area contributed by atoms with E-state index in [9.17, 15) is 20.4 Å². The Morgan fingerprint density at radius 2 is 0.600 bits per heavy atom. The van der Waals surface area contributed by atoms with Crippen LogP contribution in [0.25, 0.3) is 0 Å². The van der Waals surface area contributed by atoms with Gasteiger partial charge < -0.3 is 20.4 Å². The van der Waals surface area contributed by atoms with E-state index in [1.807, 2.05) is 0 Å². The van der Waals surface area contributed by atoms with Crippen molar-refractivity contribution in [2.75, 3.05) is 0 Å². The molecular formula is C27H20Li4O4. The molecule has 0 saturated heterocycles. The second-order valence-corrected chi connectivity index (χ2v) is 7.56. The van der Waals surface area contributed by atoms with Gasteiger partial charge in [-0.1, -0.05) is 118 Å². The minimum absolute atomic E-state index is 0. The van der Waals surface area contributed by atoms with E-state index >= 15 is 0 Å². The zero-order valence-electron chi connectivity index (χ0n) is 20.8. The van der Waals surface area contributed by atoms with Crippen LogP contribution in [0.1, 0.15) is 33.4 Å². The van der Waals surface area contributed by atoms with Gasteiger partial charge in [-0.05, 0) is 19.3 Å². The van der Waals surface area contributed by atoms with Crippen molar-refractivity contribution in [1.29, 1.82) is 0 Å². The molecule has 4 aromatic carbocycles. The normalized spacial score (nSPS) is 9.60. The number of rotatable bonds is 6. The molecule has 4 nitrogen and oxygen atoms in total. The topological polar surface area (TPSA) is 92.2 Å². The molecule has 0 saturated carbocycles. The summed E-state index contributed by atoms with van der Waals surface area (Å²) >= 11 is 0. The predicted molar refractivity (Wildman–Crippen MR) is 112 cm³/mol. The third kappa shape index (κ3) is 8.24. The van der Waals surface area contributed by atoms with Gasteiger partial charge in [-0.15, -0.1) is 23.0 Å². The van der Waals surface area contributed by atoms with Gasteiger partial charge in [0.15, 0.2) is 0 Å². The van der Waals surface area contributed by atoms with Crippen LogP contribution in [-0.2, 0) is 19.3 Å². The summed E-state index contributed by atoms with van der Waals surface area (Å²) in [6.07, 6.45) is 0.727. The van der Waals surface area contributed by atoms with Crippen LogP contribution in [0.3, 0.4) is 0 Å². The first kappa shape index (κ1) is 33.5. The predicted octanol–water partition coefficient (Wildman–Crippen LogP) is -9.23. The quantitative estimate of drug-likeness (QED) is 0.281. The van der Waals surface area contributed by atoms with Crippen LogP contribution < -0.4 is 95.9 Å². The Bertz CT molecular complexity index is 1140. The first-order valence-corrected chi connectivity index (χ1v) is 10.1. The molecule has 0 aromatic heterocycles. The smallest absolute Gasteiger partial charge is 0.872 e. The van der Waals surface area contributed by atoms with E-state index in [4.69, 9.17) is 0 Å². The van der Waals surface area contributed by atoms with E-state index in [1.54, 1.807) is 72.8 Å². The summed E-state index contributed by atoms with van der Waals surface area (Å²) in [6.45, 7) is 0. The summed E-state index contributed by atoms with van der Waals surface area (Å²) < 4.78 is 0. The maximum Gasteiger partial charge on any atom is 1.00 e. The fraction of sp³-hybridized carbons (Fsp3) is 0.111. The molecule has 4 aromatic rings. The van der Waals surface area contributed by atoms with Crippen molar-refractivity contribution < 1.29 is 95.9 Å². The average molecular weight is 436 g/mol. The molecule has 0 atom stereocenters. The van der Waals surface area contributed by atoms with Gasteiger partial charge in [0.1, 0.15) is 0 Å². The number of hydrogen-bond acceptors (Lipinski definition) is 4. The zero-order valence-corrected chi connectivity index (χ0v) is 20.8. The summed E-state index contributed by atoms with van der Waals surface area (Å²) in [5.41, 5.74) is 3.23. The first-order valence-electron chi connectivity index (χ1n) is 10.1. The average Bonchev–Trinajstić information content (AvgIpc) is 2.76. The number of para-hydroxylation sites is 4. The van der Waals surface area contributed by atoms with Crippen LogP contribution in [0.15, 0.2) is 84.9 Å². The van der Waals surface area contributed by atoms with Gasteiger partial charge in [0, 0.05) is 0 Å². The molecule has 0 aliphatic heterocycles. The molecule has 156 valence electrons. The minimum atomic E-state index is -0.152. The molecule has 0 unspecified atom stereocenters. The molecule has 8 heteroatoms. The summed E-state index contributed by atoms with van der Waals surface area (Å²) in [7, 11) is 0. The Balaban J connectivity index is 0.00000289. The summed E-state index contributed by atoms with van der Waals surface area (Å²) in [6, 6.07) is 23.8. The third-order valence-electron chi connectivity index (χ3n) is 5.44. The molecule has 0 amide bonds. The second-order valence-electron chi connectivity index (χ2n) is 7.56. The van der Waals surface area contributed by atoms with Crippen molar-refractivity contribution in [2.45, 2.75) is 19.3 Å². The Hall–Kier alpha value is -1.53. The van der Waals surface area contributed by atoms with Gasteiger partial charge in [0.25, 0.3) is 0 Å². The molecule has 0 aliphatic rings.